The van der Waals surface area contributed by atoms with Crippen molar-refractivity contribution in [2.75, 3.05) is 27.4 Å². The Bertz CT molecular complexity index is 1120. The molecule has 0 saturated heterocycles. The summed E-state index contributed by atoms with van der Waals surface area (Å²) in [6.07, 6.45) is 1.84. The molecule has 2 rings (SSSR count). The topological polar surface area (TPSA) is 125 Å². The molecule has 10 nitrogen and oxygen atoms in total. The van der Waals surface area contributed by atoms with Crippen LogP contribution in [0.4, 0.5) is 0 Å². The summed E-state index contributed by atoms with van der Waals surface area (Å²) in [5.41, 5.74) is 3.97. The number of benzene rings is 2. The lowest BCUT2D eigenvalue weighted by atomic mass is 10.0. The van der Waals surface area contributed by atoms with E-state index in [1.807, 2.05) is 39.0 Å². The number of rotatable bonds is 13. The highest BCUT2D eigenvalue weighted by atomic mass is 79.9. The molecule has 200 valence electrons. The van der Waals surface area contributed by atoms with Crippen LogP contribution in [0, 0.1) is 12.8 Å². The van der Waals surface area contributed by atoms with E-state index in [1.54, 1.807) is 18.2 Å². The fraction of sp³-hybridized carbons (Fsp3) is 0.385. The zero-order valence-electron chi connectivity index (χ0n) is 21.5. The average Bonchev–Trinajstić information content (AvgIpc) is 2.86. The number of amides is 2. The molecule has 11 heteroatoms. The van der Waals surface area contributed by atoms with Crippen LogP contribution in [0.5, 0.6) is 17.2 Å². The molecule has 0 heterocycles. The second-order valence-corrected chi connectivity index (χ2v) is 9.29. The summed E-state index contributed by atoms with van der Waals surface area (Å²) < 4.78 is 21.5. The number of hydrogen-bond donors (Lipinski definition) is 2. The van der Waals surface area contributed by atoms with Crippen molar-refractivity contribution in [2.45, 2.75) is 33.2 Å². The van der Waals surface area contributed by atoms with Gasteiger partial charge in [0, 0.05) is 0 Å². The van der Waals surface area contributed by atoms with E-state index in [9.17, 15) is 14.4 Å². The molecule has 37 heavy (non-hydrogen) atoms. The number of hydrazone groups is 1. The monoisotopic (exact) mass is 577 g/mol. The largest absolute Gasteiger partial charge is 0.493 e. The number of aryl methyl sites for hydroxylation is 1. The van der Waals surface area contributed by atoms with Gasteiger partial charge in [-0.25, -0.2) is 10.2 Å². The number of nitrogens with zero attached hydrogens (tertiary/aromatic N) is 1. The minimum Gasteiger partial charge on any atom is -0.493 e. The second kappa shape index (κ2) is 14.8. The first-order valence-corrected chi connectivity index (χ1v) is 12.3. The number of ether oxygens (including phenoxy) is 4. The van der Waals surface area contributed by atoms with E-state index in [4.69, 9.17) is 14.2 Å². The first kappa shape index (κ1) is 29.6. The zero-order chi connectivity index (χ0) is 27.4. The van der Waals surface area contributed by atoms with Crippen molar-refractivity contribution in [3.8, 4) is 17.2 Å². The summed E-state index contributed by atoms with van der Waals surface area (Å²) in [5.74, 6) is 0.0198. The molecular formula is C26H32BrN3O7. The molecule has 2 amide bonds. The predicted octanol–water partition coefficient (Wildman–Crippen LogP) is 3.38. The summed E-state index contributed by atoms with van der Waals surface area (Å²) in [6, 6.07) is 9.89. The predicted molar refractivity (Wildman–Crippen MR) is 142 cm³/mol. The number of carbonyl (C=O) groups excluding carboxylic acids is 3. The third-order valence-corrected chi connectivity index (χ3v) is 5.60. The lowest BCUT2D eigenvalue weighted by Gasteiger charge is -2.19. The van der Waals surface area contributed by atoms with Crippen molar-refractivity contribution in [1.29, 1.82) is 0 Å². The maximum absolute atomic E-state index is 12.8. The van der Waals surface area contributed by atoms with Crippen molar-refractivity contribution < 1.29 is 33.3 Å². The second-order valence-electron chi connectivity index (χ2n) is 8.44. The number of para-hydroxylation sites is 1. The van der Waals surface area contributed by atoms with Crippen molar-refractivity contribution in [2.24, 2.45) is 11.0 Å². The SMILES string of the molecule is COC(=O)COc1c(Br)cc(/C=N\NC(=O)[C@@H](CC(C)C)NC(=O)COc2ccccc2C)cc1OC. The summed E-state index contributed by atoms with van der Waals surface area (Å²) in [6.45, 7) is 5.29. The quantitative estimate of drug-likeness (QED) is 0.212. The summed E-state index contributed by atoms with van der Waals surface area (Å²) in [7, 11) is 2.72. The number of carbonyl (C=O) groups is 3. The van der Waals surface area contributed by atoms with E-state index < -0.39 is 23.8 Å². The van der Waals surface area contributed by atoms with Gasteiger partial charge in [0.2, 0.25) is 0 Å². The van der Waals surface area contributed by atoms with Crippen LogP contribution in [0.15, 0.2) is 46.0 Å². The standard InChI is InChI=1S/C26H32BrN3O7/c1-16(2)10-20(29-23(31)14-36-21-9-7-6-8-17(21)3)26(33)30-28-13-18-11-19(27)25(22(12-18)34-4)37-15-24(32)35-5/h6-9,11-13,16,20H,10,14-15H2,1-5H3,(H,29,31)(H,30,33)/b28-13-/t20-/m1/s1. The Morgan fingerprint density at radius 2 is 1.78 bits per heavy atom. The molecule has 2 aromatic carbocycles. The van der Waals surface area contributed by atoms with E-state index in [-0.39, 0.29) is 19.1 Å². The van der Waals surface area contributed by atoms with Gasteiger partial charge in [0.1, 0.15) is 11.8 Å². The molecule has 0 unspecified atom stereocenters. The highest BCUT2D eigenvalue weighted by Gasteiger charge is 2.22. The minimum absolute atomic E-state index is 0.148. The van der Waals surface area contributed by atoms with Gasteiger partial charge in [-0.15, -0.1) is 0 Å². The van der Waals surface area contributed by atoms with Crippen LogP contribution in [0.3, 0.4) is 0 Å². The molecular weight excluding hydrogens is 546 g/mol. The van der Waals surface area contributed by atoms with E-state index in [0.717, 1.165) is 5.56 Å². The number of methoxy groups -OCH3 is 2. The number of halogens is 1. The first-order chi connectivity index (χ1) is 17.6. The fourth-order valence-corrected chi connectivity index (χ4v) is 3.77. The van der Waals surface area contributed by atoms with E-state index in [2.05, 4.69) is 36.5 Å². The fourth-order valence-electron chi connectivity index (χ4n) is 3.19. The Labute approximate surface area is 224 Å². The highest BCUT2D eigenvalue weighted by molar-refractivity contribution is 9.10. The highest BCUT2D eigenvalue weighted by Crippen LogP contribution is 2.36. The van der Waals surface area contributed by atoms with Crippen LogP contribution in [0.25, 0.3) is 0 Å². The van der Waals surface area contributed by atoms with Crippen molar-refractivity contribution in [1.82, 2.24) is 10.7 Å². The van der Waals surface area contributed by atoms with Crippen molar-refractivity contribution in [3.05, 3.63) is 52.0 Å². The average molecular weight is 578 g/mol. The van der Waals surface area contributed by atoms with Gasteiger partial charge in [0.05, 0.1) is 24.9 Å². The Morgan fingerprint density at radius 1 is 1.05 bits per heavy atom. The van der Waals surface area contributed by atoms with E-state index >= 15 is 0 Å². The minimum atomic E-state index is -0.791. The summed E-state index contributed by atoms with van der Waals surface area (Å²) >= 11 is 3.38. The van der Waals surface area contributed by atoms with Gasteiger partial charge in [-0.3, -0.25) is 9.59 Å². The molecule has 0 aliphatic heterocycles. The number of hydrogen-bond acceptors (Lipinski definition) is 8. The van der Waals surface area contributed by atoms with Gasteiger partial charge < -0.3 is 24.3 Å². The van der Waals surface area contributed by atoms with Gasteiger partial charge >= 0.3 is 5.97 Å². The van der Waals surface area contributed by atoms with Crippen LogP contribution < -0.4 is 25.0 Å². The Balaban J connectivity index is 2.01. The zero-order valence-corrected chi connectivity index (χ0v) is 23.1. The van der Waals surface area contributed by atoms with Crippen LogP contribution in [0.1, 0.15) is 31.4 Å². The molecule has 0 aromatic heterocycles. The van der Waals surface area contributed by atoms with Gasteiger partial charge in [0.25, 0.3) is 11.8 Å². The van der Waals surface area contributed by atoms with Gasteiger partial charge in [-0.2, -0.15) is 5.10 Å². The number of nitrogens with one attached hydrogen (secondary N) is 2. The molecule has 0 aliphatic rings. The molecule has 0 saturated carbocycles. The molecule has 0 bridgehead atoms. The van der Waals surface area contributed by atoms with Crippen molar-refractivity contribution >= 4 is 39.9 Å². The number of esters is 1. The van der Waals surface area contributed by atoms with Crippen LogP contribution in [-0.2, 0) is 19.1 Å². The summed E-state index contributed by atoms with van der Waals surface area (Å²) in [4.78, 5) is 36.6. The summed E-state index contributed by atoms with van der Waals surface area (Å²) in [5, 5.41) is 6.74. The van der Waals surface area contributed by atoms with E-state index in [1.165, 1.54) is 20.4 Å². The molecule has 0 radical (unpaired) electrons. The molecule has 0 aliphatic carbocycles. The molecule has 2 aromatic rings. The Morgan fingerprint density at radius 3 is 2.43 bits per heavy atom. The van der Waals surface area contributed by atoms with Gasteiger partial charge in [-0.1, -0.05) is 32.0 Å². The van der Waals surface area contributed by atoms with Gasteiger partial charge in [0.15, 0.2) is 24.7 Å². The maximum Gasteiger partial charge on any atom is 0.343 e. The van der Waals surface area contributed by atoms with Crippen LogP contribution in [-0.4, -0.2) is 57.5 Å². The van der Waals surface area contributed by atoms with Crippen molar-refractivity contribution in [3.63, 3.8) is 0 Å². The molecule has 1 atom stereocenters. The smallest absolute Gasteiger partial charge is 0.343 e. The van der Waals surface area contributed by atoms with Crippen LogP contribution >= 0.6 is 15.9 Å². The molecule has 2 N–H and O–H groups in total. The van der Waals surface area contributed by atoms with E-state index in [0.29, 0.717) is 33.7 Å². The third-order valence-electron chi connectivity index (χ3n) is 5.01. The Kier molecular flexibility index (Phi) is 11.9. The lowest BCUT2D eigenvalue weighted by Crippen LogP contribution is -2.47. The molecule has 0 spiro atoms. The first-order valence-electron chi connectivity index (χ1n) is 11.5. The normalized spacial score (nSPS) is 11.6. The lowest BCUT2D eigenvalue weighted by molar-refractivity contribution is -0.143. The molecule has 0 fully saturated rings. The van der Waals surface area contributed by atoms with Crippen LogP contribution in [0.2, 0.25) is 0 Å². The van der Waals surface area contributed by atoms with Gasteiger partial charge in [-0.05, 0) is 64.5 Å². The Hall–Kier alpha value is -3.60. The third kappa shape index (κ3) is 9.76. The maximum atomic E-state index is 12.8.